The molecule has 1 aromatic rings. The number of rotatable bonds is 3. The zero-order valence-electron chi connectivity index (χ0n) is 7.81. The number of carbonyl (C=O) groups excluding carboxylic acids is 1. The monoisotopic (exact) mass is 306 g/mol. The molecule has 76 valence electrons. The molecule has 0 aromatic carbocycles. The second kappa shape index (κ2) is 3.88. The Bertz CT molecular complexity index is 350. The molecular formula is C9H11IN2O2. The van der Waals surface area contributed by atoms with Crippen LogP contribution in [0.4, 0.5) is 0 Å². The van der Waals surface area contributed by atoms with E-state index in [2.05, 4.69) is 27.7 Å². The van der Waals surface area contributed by atoms with Crippen LogP contribution in [0.3, 0.4) is 0 Å². The summed E-state index contributed by atoms with van der Waals surface area (Å²) in [4.78, 5) is 11.3. The van der Waals surface area contributed by atoms with Gasteiger partial charge in [-0.3, -0.25) is 9.48 Å². The molecule has 0 N–H and O–H groups in total. The second-order valence-electron chi connectivity index (χ2n) is 3.30. The van der Waals surface area contributed by atoms with Crippen molar-refractivity contribution in [2.75, 3.05) is 6.61 Å². The maximum atomic E-state index is 11.3. The van der Waals surface area contributed by atoms with Gasteiger partial charge in [0.2, 0.25) is 0 Å². The highest BCUT2D eigenvalue weighted by atomic mass is 127. The third kappa shape index (κ3) is 1.92. The van der Waals surface area contributed by atoms with Gasteiger partial charge in [0.05, 0.1) is 28.3 Å². The quantitative estimate of drug-likeness (QED) is 0.629. The first-order chi connectivity index (χ1) is 6.72. The van der Waals surface area contributed by atoms with E-state index in [0.717, 1.165) is 9.99 Å². The summed E-state index contributed by atoms with van der Waals surface area (Å²) >= 11 is 2.20. The van der Waals surface area contributed by atoms with Crippen molar-refractivity contribution in [2.45, 2.75) is 19.4 Å². The summed E-state index contributed by atoms with van der Waals surface area (Å²) < 4.78 is 7.89. The molecule has 2 atom stereocenters. The number of carbonyl (C=O) groups is 1. The molecule has 0 saturated heterocycles. The lowest BCUT2D eigenvalue weighted by atomic mass is 10.4. The molecule has 0 unspecified atom stereocenters. The Hall–Kier alpha value is -0.590. The van der Waals surface area contributed by atoms with Crippen LogP contribution < -0.4 is 0 Å². The van der Waals surface area contributed by atoms with Crippen LogP contribution in [0, 0.1) is 9.49 Å². The molecule has 1 fully saturated rings. The van der Waals surface area contributed by atoms with Crippen LogP contribution in [0.5, 0.6) is 0 Å². The molecule has 0 aliphatic heterocycles. The highest BCUT2D eigenvalue weighted by Gasteiger charge is 2.46. The van der Waals surface area contributed by atoms with Crippen LogP contribution in [0.2, 0.25) is 0 Å². The molecule has 1 aliphatic carbocycles. The number of hydrogen-bond acceptors (Lipinski definition) is 3. The minimum atomic E-state index is -0.0944. The van der Waals surface area contributed by atoms with Crippen molar-refractivity contribution < 1.29 is 9.53 Å². The van der Waals surface area contributed by atoms with Crippen molar-refractivity contribution in [2.24, 2.45) is 5.92 Å². The standard InChI is InChI=1S/C9H11IN2O2/c1-2-14-9(13)7-3-8(7)12-5-6(10)4-11-12/h4-5,7-8H,2-3H2,1H3/t7-,8-/m0/s1. The zero-order chi connectivity index (χ0) is 10.1. The molecule has 5 heteroatoms. The number of hydrogen-bond donors (Lipinski definition) is 0. The molecule has 1 saturated carbocycles. The fraction of sp³-hybridized carbons (Fsp3) is 0.556. The number of ether oxygens (including phenoxy) is 1. The zero-order valence-corrected chi connectivity index (χ0v) is 9.97. The molecule has 1 heterocycles. The van der Waals surface area contributed by atoms with Gasteiger partial charge in [-0.05, 0) is 35.9 Å². The van der Waals surface area contributed by atoms with E-state index in [9.17, 15) is 4.79 Å². The normalized spacial score (nSPS) is 24.7. The number of halogens is 1. The molecule has 1 aliphatic rings. The fourth-order valence-electron chi connectivity index (χ4n) is 1.47. The van der Waals surface area contributed by atoms with E-state index in [1.807, 2.05) is 17.8 Å². The van der Waals surface area contributed by atoms with Crippen molar-refractivity contribution in [3.63, 3.8) is 0 Å². The third-order valence-electron chi connectivity index (χ3n) is 2.26. The largest absolute Gasteiger partial charge is 0.466 e. The Morgan fingerprint density at radius 1 is 1.86 bits per heavy atom. The molecule has 0 radical (unpaired) electrons. The van der Waals surface area contributed by atoms with Crippen LogP contribution in [0.25, 0.3) is 0 Å². The van der Waals surface area contributed by atoms with Crippen LogP contribution in [-0.2, 0) is 9.53 Å². The van der Waals surface area contributed by atoms with E-state index in [-0.39, 0.29) is 17.9 Å². The Morgan fingerprint density at radius 3 is 3.21 bits per heavy atom. The van der Waals surface area contributed by atoms with Gasteiger partial charge in [0.15, 0.2) is 0 Å². The summed E-state index contributed by atoms with van der Waals surface area (Å²) in [5.41, 5.74) is 0. The van der Waals surface area contributed by atoms with Gasteiger partial charge in [-0.25, -0.2) is 0 Å². The van der Waals surface area contributed by atoms with Gasteiger partial charge in [0, 0.05) is 6.20 Å². The van der Waals surface area contributed by atoms with Crippen molar-refractivity contribution >= 4 is 28.6 Å². The first-order valence-corrected chi connectivity index (χ1v) is 5.66. The topological polar surface area (TPSA) is 44.1 Å². The maximum Gasteiger partial charge on any atom is 0.311 e. The van der Waals surface area contributed by atoms with E-state index in [1.165, 1.54) is 0 Å². The Labute approximate surface area is 95.8 Å². The molecule has 0 amide bonds. The van der Waals surface area contributed by atoms with E-state index >= 15 is 0 Å². The lowest BCUT2D eigenvalue weighted by molar-refractivity contribution is -0.145. The smallest absolute Gasteiger partial charge is 0.311 e. The van der Waals surface area contributed by atoms with Gasteiger partial charge in [-0.2, -0.15) is 5.10 Å². The molecule has 2 rings (SSSR count). The number of nitrogens with zero attached hydrogens (tertiary/aromatic N) is 2. The lowest BCUT2D eigenvalue weighted by Crippen LogP contribution is -2.09. The maximum absolute atomic E-state index is 11.3. The highest BCUT2D eigenvalue weighted by Crippen LogP contribution is 2.43. The lowest BCUT2D eigenvalue weighted by Gasteiger charge is -2.00. The Morgan fingerprint density at radius 2 is 2.64 bits per heavy atom. The molecule has 0 spiro atoms. The Kier molecular flexibility index (Phi) is 2.76. The van der Waals surface area contributed by atoms with Crippen molar-refractivity contribution in [3.8, 4) is 0 Å². The summed E-state index contributed by atoms with van der Waals surface area (Å²) in [5, 5.41) is 4.17. The summed E-state index contributed by atoms with van der Waals surface area (Å²) in [6.45, 7) is 2.28. The molecule has 14 heavy (non-hydrogen) atoms. The van der Waals surface area contributed by atoms with Gasteiger partial charge in [0.1, 0.15) is 0 Å². The van der Waals surface area contributed by atoms with Gasteiger partial charge in [0.25, 0.3) is 0 Å². The van der Waals surface area contributed by atoms with Crippen molar-refractivity contribution in [1.29, 1.82) is 0 Å². The minimum absolute atomic E-state index is 0.0191. The van der Waals surface area contributed by atoms with E-state index in [4.69, 9.17) is 4.74 Å². The predicted molar refractivity (Wildman–Crippen MR) is 58.7 cm³/mol. The summed E-state index contributed by atoms with van der Waals surface area (Å²) in [7, 11) is 0. The summed E-state index contributed by atoms with van der Waals surface area (Å²) in [6, 6.07) is 0.220. The Balaban J connectivity index is 1.96. The van der Waals surface area contributed by atoms with Gasteiger partial charge >= 0.3 is 5.97 Å². The SMILES string of the molecule is CCOC(=O)[C@H]1C[C@@H]1n1cc(I)cn1. The molecule has 1 aromatic heterocycles. The van der Waals surface area contributed by atoms with E-state index in [0.29, 0.717) is 6.61 Å². The predicted octanol–water partition coefficient (Wildman–Crippen LogP) is 1.61. The average Bonchev–Trinajstić information content (AvgIpc) is 2.84. The highest BCUT2D eigenvalue weighted by molar-refractivity contribution is 14.1. The van der Waals surface area contributed by atoms with Crippen LogP contribution in [0.1, 0.15) is 19.4 Å². The number of aromatic nitrogens is 2. The minimum Gasteiger partial charge on any atom is -0.466 e. The van der Waals surface area contributed by atoms with Gasteiger partial charge in [-0.15, -0.1) is 0 Å². The van der Waals surface area contributed by atoms with Crippen LogP contribution >= 0.6 is 22.6 Å². The van der Waals surface area contributed by atoms with E-state index in [1.54, 1.807) is 6.20 Å². The first-order valence-electron chi connectivity index (χ1n) is 4.58. The first kappa shape index (κ1) is 9.95. The summed E-state index contributed by atoms with van der Waals surface area (Å²) in [6.07, 6.45) is 4.60. The van der Waals surface area contributed by atoms with E-state index < -0.39 is 0 Å². The van der Waals surface area contributed by atoms with Gasteiger partial charge in [-0.1, -0.05) is 0 Å². The fourth-order valence-corrected chi connectivity index (χ4v) is 1.88. The second-order valence-corrected chi connectivity index (χ2v) is 4.55. The van der Waals surface area contributed by atoms with Crippen LogP contribution in [0.15, 0.2) is 12.4 Å². The van der Waals surface area contributed by atoms with Crippen LogP contribution in [-0.4, -0.2) is 22.4 Å². The number of esters is 1. The molecule has 0 bridgehead atoms. The third-order valence-corrected chi connectivity index (χ3v) is 2.81. The summed E-state index contributed by atoms with van der Waals surface area (Å²) in [5.74, 6) is -0.0753. The van der Waals surface area contributed by atoms with Crippen molar-refractivity contribution in [3.05, 3.63) is 16.0 Å². The molecule has 4 nitrogen and oxygen atoms in total. The average molecular weight is 306 g/mol. The molecular weight excluding hydrogens is 295 g/mol. The van der Waals surface area contributed by atoms with Gasteiger partial charge < -0.3 is 4.74 Å². The van der Waals surface area contributed by atoms with Crippen molar-refractivity contribution in [1.82, 2.24) is 9.78 Å².